The highest BCUT2D eigenvalue weighted by Crippen LogP contribution is 2.33. The summed E-state index contributed by atoms with van der Waals surface area (Å²) < 4.78 is 0. The first-order chi connectivity index (χ1) is 10.1. The monoisotopic (exact) mass is 303 g/mol. The molecule has 1 aliphatic carbocycles. The number of hydrogen-bond donors (Lipinski definition) is 1. The third-order valence-electron chi connectivity index (χ3n) is 4.34. The van der Waals surface area contributed by atoms with Crippen LogP contribution in [-0.4, -0.2) is 32.7 Å². The van der Waals surface area contributed by atoms with Crippen LogP contribution in [0.2, 0.25) is 0 Å². The number of pyridine rings is 1. The van der Waals surface area contributed by atoms with Crippen molar-refractivity contribution in [1.29, 1.82) is 0 Å². The molecule has 6 heteroatoms. The predicted octanol–water partition coefficient (Wildman–Crippen LogP) is 1.91. The molecule has 0 saturated heterocycles. The van der Waals surface area contributed by atoms with E-state index in [0.717, 1.165) is 25.7 Å². The Kier molecular flexibility index (Phi) is 3.71. The third kappa shape index (κ3) is 2.33. The number of aromatic nitrogens is 1. The van der Waals surface area contributed by atoms with Gasteiger partial charge < -0.3 is 5.73 Å². The van der Waals surface area contributed by atoms with Gasteiger partial charge in [0.25, 0.3) is 11.8 Å². The summed E-state index contributed by atoms with van der Waals surface area (Å²) in [5.74, 6) is -0.538. The number of amides is 2. The summed E-state index contributed by atoms with van der Waals surface area (Å²) in [5.41, 5.74) is 6.43. The van der Waals surface area contributed by atoms with Gasteiger partial charge in [-0.1, -0.05) is 31.5 Å². The molecule has 0 aromatic carbocycles. The Bertz CT molecular complexity index is 576. The average molecular weight is 303 g/mol. The largest absolute Gasteiger partial charge is 0.392 e. The van der Waals surface area contributed by atoms with Crippen LogP contribution in [-0.2, 0) is 0 Å². The summed E-state index contributed by atoms with van der Waals surface area (Å²) in [7, 11) is 0. The molecular weight excluding hydrogens is 286 g/mol. The first-order valence-corrected chi connectivity index (χ1v) is 7.64. The van der Waals surface area contributed by atoms with E-state index in [4.69, 9.17) is 18.0 Å². The molecule has 1 saturated carbocycles. The van der Waals surface area contributed by atoms with Crippen LogP contribution >= 0.6 is 12.2 Å². The number of nitrogens with zero attached hydrogens (tertiary/aromatic N) is 2. The van der Waals surface area contributed by atoms with Crippen LogP contribution in [0.25, 0.3) is 0 Å². The number of rotatable bonds is 3. The maximum atomic E-state index is 12.5. The second-order valence-corrected chi connectivity index (χ2v) is 6.10. The van der Waals surface area contributed by atoms with E-state index in [1.807, 2.05) is 0 Å². The molecule has 1 aliphatic heterocycles. The van der Waals surface area contributed by atoms with E-state index >= 15 is 0 Å². The fraction of sp³-hybridized carbons (Fsp3) is 0.467. The second kappa shape index (κ2) is 5.52. The Morgan fingerprint density at radius 1 is 1.29 bits per heavy atom. The Labute approximate surface area is 128 Å². The molecule has 0 bridgehead atoms. The molecule has 0 spiro atoms. The van der Waals surface area contributed by atoms with Crippen LogP contribution in [0.3, 0.4) is 0 Å². The minimum absolute atomic E-state index is 0.165. The van der Waals surface area contributed by atoms with Gasteiger partial charge in [0.15, 0.2) is 0 Å². The number of fused-ring (bicyclic) bond motifs is 1. The van der Waals surface area contributed by atoms with E-state index < -0.39 is 6.04 Å². The molecule has 1 fully saturated rings. The van der Waals surface area contributed by atoms with E-state index in [9.17, 15) is 9.59 Å². The summed E-state index contributed by atoms with van der Waals surface area (Å²) in [6.07, 6.45) is 6.77. The molecule has 5 nitrogen and oxygen atoms in total. The smallest absolute Gasteiger partial charge is 0.280 e. The van der Waals surface area contributed by atoms with Crippen molar-refractivity contribution in [3.8, 4) is 0 Å². The molecule has 2 amide bonds. The Morgan fingerprint density at radius 2 is 2.00 bits per heavy atom. The zero-order valence-corrected chi connectivity index (χ0v) is 12.4. The van der Waals surface area contributed by atoms with Crippen molar-refractivity contribution >= 4 is 29.0 Å². The lowest BCUT2D eigenvalue weighted by Crippen LogP contribution is -2.51. The standard InChI is InChI=1S/C15H17N3O2S/c16-13(21)12(9-5-2-1-3-6-9)18-14(19)10-7-4-8-17-11(10)15(18)20/h4,7-9,12H,1-3,5-6H2,(H2,16,21). The Morgan fingerprint density at radius 3 is 2.62 bits per heavy atom. The quantitative estimate of drug-likeness (QED) is 0.682. The van der Waals surface area contributed by atoms with Gasteiger partial charge in [-0.3, -0.25) is 19.5 Å². The predicted molar refractivity (Wildman–Crippen MR) is 81.9 cm³/mol. The van der Waals surface area contributed by atoms with E-state index in [0.29, 0.717) is 5.56 Å². The first-order valence-electron chi connectivity index (χ1n) is 7.23. The highest BCUT2D eigenvalue weighted by atomic mass is 32.1. The Balaban J connectivity index is 1.96. The summed E-state index contributed by atoms with van der Waals surface area (Å²) in [5, 5.41) is 0. The molecule has 1 atom stereocenters. The minimum Gasteiger partial charge on any atom is -0.392 e. The van der Waals surface area contributed by atoms with Crippen LogP contribution in [0.1, 0.15) is 53.0 Å². The fourth-order valence-electron chi connectivity index (χ4n) is 3.36. The molecule has 1 aromatic heterocycles. The van der Waals surface area contributed by atoms with E-state index in [1.54, 1.807) is 12.1 Å². The zero-order valence-electron chi connectivity index (χ0n) is 11.6. The van der Waals surface area contributed by atoms with Gasteiger partial charge in [0.1, 0.15) is 5.69 Å². The van der Waals surface area contributed by atoms with Crippen LogP contribution in [0.5, 0.6) is 0 Å². The number of carbonyl (C=O) groups excluding carboxylic acids is 2. The molecule has 21 heavy (non-hydrogen) atoms. The van der Waals surface area contributed by atoms with Crippen molar-refractivity contribution in [2.24, 2.45) is 11.7 Å². The van der Waals surface area contributed by atoms with Crippen LogP contribution in [0.15, 0.2) is 18.3 Å². The lowest BCUT2D eigenvalue weighted by Gasteiger charge is -2.34. The van der Waals surface area contributed by atoms with Crippen LogP contribution in [0.4, 0.5) is 0 Å². The van der Waals surface area contributed by atoms with Gasteiger partial charge in [-0.25, -0.2) is 0 Å². The zero-order chi connectivity index (χ0) is 15.0. The SMILES string of the molecule is NC(=S)C(C1CCCCC1)N1C(=O)c2cccnc2C1=O. The second-order valence-electron chi connectivity index (χ2n) is 5.63. The van der Waals surface area contributed by atoms with E-state index in [2.05, 4.69) is 4.98 Å². The van der Waals surface area contributed by atoms with Gasteiger partial charge in [0.05, 0.1) is 16.6 Å². The molecule has 1 aromatic rings. The maximum absolute atomic E-state index is 12.5. The highest BCUT2D eigenvalue weighted by Gasteiger charge is 2.44. The van der Waals surface area contributed by atoms with Gasteiger partial charge in [-0.05, 0) is 30.9 Å². The first kappa shape index (κ1) is 14.1. The number of thiocarbonyl (C=S) groups is 1. The highest BCUT2D eigenvalue weighted by molar-refractivity contribution is 7.80. The molecular formula is C15H17N3O2S. The van der Waals surface area contributed by atoms with Crippen LogP contribution in [0, 0.1) is 5.92 Å². The molecule has 110 valence electrons. The lowest BCUT2D eigenvalue weighted by molar-refractivity contribution is 0.0568. The molecule has 0 radical (unpaired) electrons. The van der Waals surface area contributed by atoms with Gasteiger partial charge in [0, 0.05) is 6.20 Å². The molecule has 2 N–H and O–H groups in total. The molecule has 2 aliphatic rings. The summed E-state index contributed by atoms with van der Waals surface area (Å²) in [6, 6.07) is 2.79. The summed E-state index contributed by atoms with van der Waals surface area (Å²) in [4.78, 5) is 30.6. The minimum atomic E-state index is -0.491. The van der Waals surface area contributed by atoms with Gasteiger partial charge in [-0.2, -0.15) is 0 Å². The van der Waals surface area contributed by atoms with Crippen molar-refractivity contribution in [2.75, 3.05) is 0 Å². The van der Waals surface area contributed by atoms with Crippen molar-refractivity contribution in [3.05, 3.63) is 29.6 Å². The third-order valence-corrected chi connectivity index (χ3v) is 4.59. The number of nitrogens with two attached hydrogens (primary N) is 1. The Hall–Kier alpha value is -1.82. The number of carbonyl (C=O) groups is 2. The van der Waals surface area contributed by atoms with Crippen molar-refractivity contribution < 1.29 is 9.59 Å². The van der Waals surface area contributed by atoms with E-state index in [1.165, 1.54) is 17.5 Å². The summed E-state index contributed by atoms with van der Waals surface area (Å²) in [6.45, 7) is 0. The normalized spacial score (nSPS) is 20.5. The maximum Gasteiger partial charge on any atom is 0.280 e. The fourth-order valence-corrected chi connectivity index (χ4v) is 3.66. The lowest BCUT2D eigenvalue weighted by atomic mass is 9.83. The number of hydrogen-bond acceptors (Lipinski definition) is 4. The average Bonchev–Trinajstić information content (AvgIpc) is 2.74. The van der Waals surface area contributed by atoms with E-state index in [-0.39, 0.29) is 28.4 Å². The number of imide groups is 1. The summed E-state index contributed by atoms with van der Waals surface area (Å²) >= 11 is 5.16. The van der Waals surface area contributed by atoms with Gasteiger partial charge >= 0.3 is 0 Å². The van der Waals surface area contributed by atoms with Crippen molar-refractivity contribution in [1.82, 2.24) is 9.88 Å². The molecule has 1 unspecified atom stereocenters. The van der Waals surface area contributed by atoms with Crippen molar-refractivity contribution in [3.63, 3.8) is 0 Å². The molecule has 2 heterocycles. The van der Waals surface area contributed by atoms with Crippen LogP contribution < -0.4 is 5.73 Å². The van der Waals surface area contributed by atoms with Gasteiger partial charge in [0.2, 0.25) is 0 Å². The van der Waals surface area contributed by atoms with Gasteiger partial charge in [-0.15, -0.1) is 0 Å². The van der Waals surface area contributed by atoms with Crippen molar-refractivity contribution in [2.45, 2.75) is 38.1 Å². The topological polar surface area (TPSA) is 76.3 Å². The molecule has 3 rings (SSSR count).